The molecular formula is C27H38Cl2N2OS. The van der Waals surface area contributed by atoms with Gasteiger partial charge < -0.3 is 10.0 Å². The van der Waals surface area contributed by atoms with Gasteiger partial charge in [0.25, 0.3) is 0 Å². The first-order valence-electron chi connectivity index (χ1n) is 12.5. The van der Waals surface area contributed by atoms with E-state index in [1.54, 1.807) is 11.3 Å². The highest BCUT2D eigenvalue weighted by atomic mass is 35.5. The van der Waals surface area contributed by atoms with E-state index in [2.05, 4.69) is 46.5 Å². The molecule has 3 heterocycles. The van der Waals surface area contributed by atoms with Gasteiger partial charge in [0.2, 0.25) is 0 Å². The normalized spacial score (nSPS) is 24.1. The Hall–Kier alpha value is -0.620. The third kappa shape index (κ3) is 7.19. The minimum absolute atomic E-state index is 0.132. The lowest BCUT2D eigenvalue weighted by atomic mass is 9.87. The smallest absolute Gasteiger partial charge is 0.0545 e. The van der Waals surface area contributed by atoms with Crippen LogP contribution in [0.5, 0.6) is 0 Å². The average Bonchev–Trinajstić information content (AvgIpc) is 3.41. The summed E-state index contributed by atoms with van der Waals surface area (Å²) >= 11 is 14.4. The van der Waals surface area contributed by atoms with Gasteiger partial charge >= 0.3 is 0 Å². The molecule has 2 saturated heterocycles. The van der Waals surface area contributed by atoms with Crippen LogP contribution in [0.1, 0.15) is 56.6 Å². The Morgan fingerprint density at radius 3 is 2.55 bits per heavy atom. The molecule has 2 aliphatic rings. The Morgan fingerprint density at radius 1 is 1.09 bits per heavy atom. The zero-order valence-electron chi connectivity index (χ0n) is 19.9. The molecule has 2 fully saturated rings. The number of thiophene rings is 1. The molecule has 6 heteroatoms. The van der Waals surface area contributed by atoms with Crippen molar-refractivity contribution in [2.24, 2.45) is 17.8 Å². The van der Waals surface area contributed by atoms with Crippen LogP contribution in [0.15, 0.2) is 35.0 Å². The summed E-state index contributed by atoms with van der Waals surface area (Å²) in [6.07, 6.45) is 4.21. The first-order chi connectivity index (χ1) is 15.9. The molecule has 0 amide bonds. The van der Waals surface area contributed by atoms with Crippen LogP contribution in [0.4, 0.5) is 0 Å². The molecule has 2 aromatic rings. The largest absolute Gasteiger partial charge is 0.393 e. The second kappa shape index (κ2) is 11.9. The van der Waals surface area contributed by atoms with E-state index in [-0.39, 0.29) is 6.10 Å². The fourth-order valence-electron chi connectivity index (χ4n) is 5.79. The minimum atomic E-state index is -0.132. The topological polar surface area (TPSA) is 26.7 Å². The molecule has 2 aliphatic heterocycles. The van der Waals surface area contributed by atoms with Crippen molar-refractivity contribution in [1.29, 1.82) is 0 Å². The number of aliphatic hydroxyl groups excluding tert-OH is 1. The molecule has 0 saturated carbocycles. The zero-order valence-corrected chi connectivity index (χ0v) is 22.3. The monoisotopic (exact) mass is 508 g/mol. The van der Waals surface area contributed by atoms with Crippen LogP contribution in [0.2, 0.25) is 10.0 Å². The van der Waals surface area contributed by atoms with Crippen LogP contribution < -0.4 is 0 Å². The predicted molar refractivity (Wildman–Crippen MR) is 142 cm³/mol. The second-order valence-corrected chi connectivity index (χ2v) is 12.2. The maximum Gasteiger partial charge on any atom is 0.0545 e. The van der Waals surface area contributed by atoms with Crippen molar-refractivity contribution in [3.8, 4) is 0 Å². The lowest BCUT2D eigenvalue weighted by Crippen LogP contribution is -2.39. The van der Waals surface area contributed by atoms with E-state index in [1.165, 1.54) is 18.4 Å². The first kappa shape index (κ1) is 25.5. The Balaban J connectivity index is 1.34. The van der Waals surface area contributed by atoms with E-state index in [9.17, 15) is 5.11 Å². The van der Waals surface area contributed by atoms with Crippen molar-refractivity contribution >= 4 is 34.5 Å². The Morgan fingerprint density at radius 2 is 1.88 bits per heavy atom. The molecule has 4 rings (SSSR count). The number of piperidine rings is 1. The molecule has 0 radical (unpaired) electrons. The van der Waals surface area contributed by atoms with Crippen molar-refractivity contribution in [2.45, 2.75) is 58.1 Å². The van der Waals surface area contributed by atoms with Gasteiger partial charge in [-0.3, -0.25) is 4.90 Å². The van der Waals surface area contributed by atoms with Crippen LogP contribution in [0, 0.1) is 17.8 Å². The lowest BCUT2D eigenvalue weighted by Gasteiger charge is -2.35. The van der Waals surface area contributed by atoms with Crippen molar-refractivity contribution in [1.82, 2.24) is 9.80 Å². The molecule has 0 spiro atoms. The highest BCUT2D eigenvalue weighted by molar-refractivity contribution is 7.08. The highest BCUT2D eigenvalue weighted by Gasteiger charge is 2.36. The van der Waals surface area contributed by atoms with E-state index >= 15 is 0 Å². The van der Waals surface area contributed by atoms with Gasteiger partial charge in [0.15, 0.2) is 0 Å². The van der Waals surface area contributed by atoms with Crippen LogP contribution in [-0.2, 0) is 6.54 Å². The number of aliphatic hydroxyl groups is 1. The maximum atomic E-state index is 10.4. The number of benzene rings is 1. The summed E-state index contributed by atoms with van der Waals surface area (Å²) < 4.78 is 0. The predicted octanol–water partition coefficient (Wildman–Crippen LogP) is 6.78. The Bertz CT molecular complexity index is 867. The molecule has 1 N–H and O–H groups in total. The summed E-state index contributed by atoms with van der Waals surface area (Å²) in [6.45, 7) is 10.9. The molecule has 0 aliphatic carbocycles. The number of halogens is 2. The van der Waals surface area contributed by atoms with E-state index in [4.69, 9.17) is 23.2 Å². The van der Waals surface area contributed by atoms with E-state index < -0.39 is 0 Å². The fourth-order valence-corrected chi connectivity index (χ4v) is 6.98. The molecule has 182 valence electrons. The van der Waals surface area contributed by atoms with Crippen LogP contribution in [0.3, 0.4) is 0 Å². The molecule has 1 aromatic heterocycles. The minimum Gasteiger partial charge on any atom is -0.393 e. The van der Waals surface area contributed by atoms with Crippen LogP contribution in [-0.4, -0.2) is 53.7 Å². The van der Waals surface area contributed by atoms with Gasteiger partial charge in [-0.25, -0.2) is 0 Å². The van der Waals surface area contributed by atoms with Crippen molar-refractivity contribution in [3.05, 3.63) is 56.2 Å². The van der Waals surface area contributed by atoms with Crippen LogP contribution >= 0.6 is 34.5 Å². The Kier molecular flexibility index (Phi) is 9.17. The van der Waals surface area contributed by atoms with Gasteiger partial charge in [-0.2, -0.15) is 11.3 Å². The number of rotatable bonds is 9. The summed E-state index contributed by atoms with van der Waals surface area (Å²) in [5.41, 5.74) is 2.65. The number of likely N-dealkylation sites (tertiary alicyclic amines) is 2. The average molecular weight is 510 g/mol. The van der Waals surface area contributed by atoms with Gasteiger partial charge in [0.1, 0.15) is 0 Å². The van der Waals surface area contributed by atoms with Crippen molar-refractivity contribution in [3.63, 3.8) is 0 Å². The lowest BCUT2D eigenvalue weighted by molar-refractivity contribution is 0.0879. The molecule has 3 unspecified atom stereocenters. The van der Waals surface area contributed by atoms with E-state index in [0.717, 1.165) is 62.7 Å². The van der Waals surface area contributed by atoms with E-state index in [0.29, 0.717) is 28.7 Å². The standard InChI is InChI=1S/C27H38Cl2N2OS/c1-19(2)11-25(32)12-20-5-8-30(9-6-20)15-23-16-31(17-26(23)22-7-10-33-18-22)14-21-3-4-24(28)13-27(21)29/h3-4,7,10,13,18-20,23,25-26,32H,5-6,8-9,11-12,14-17H2,1-2H3. The van der Waals surface area contributed by atoms with Gasteiger partial charge in [-0.05, 0) is 96.6 Å². The van der Waals surface area contributed by atoms with Gasteiger partial charge in [-0.1, -0.05) is 43.1 Å². The third-order valence-corrected chi connectivity index (χ3v) is 8.73. The highest BCUT2D eigenvalue weighted by Crippen LogP contribution is 2.37. The van der Waals surface area contributed by atoms with Gasteiger partial charge in [0.05, 0.1) is 6.10 Å². The number of nitrogens with zero attached hydrogens (tertiary/aromatic N) is 2. The van der Waals surface area contributed by atoms with Gasteiger partial charge in [-0.15, -0.1) is 0 Å². The Labute approximate surface area is 213 Å². The van der Waals surface area contributed by atoms with Crippen molar-refractivity contribution in [2.75, 3.05) is 32.7 Å². The summed E-state index contributed by atoms with van der Waals surface area (Å²) in [4.78, 5) is 5.24. The summed E-state index contributed by atoms with van der Waals surface area (Å²) in [5.74, 6) is 2.46. The third-order valence-electron chi connectivity index (χ3n) is 7.45. The number of hydrogen-bond acceptors (Lipinski definition) is 4. The fraction of sp³-hybridized carbons (Fsp3) is 0.630. The van der Waals surface area contributed by atoms with Crippen LogP contribution in [0.25, 0.3) is 0 Å². The van der Waals surface area contributed by atoms with Gasteiger partial charge in [0, 0.05) is 42.1 Å². The summed E-state index contributed by atoms with van der Waals surface area (Å²) in [6, 6.07) is 8.17. The second-order valence-electron chi connectivity index (χ2n) is 10.6. The zero-order chi connectivity index (χ0) is 23.4. The molecule has 3 nitrogen and oxygen atoms in total. The first-order valence-corrected chi connectivity index (χ1v) is 14.2. The summed E-state index contributed by atoms with van der Waals surface area (Å²) in [5, 5.41) is 16.4. The van der Waals surface area contributed by atoms with Crippen molar-refractivity contribution < 1.29 is 5.11 Å². The molecule has 0 bridgehead atoms. The molecule has 3 atom stereocenters. The quantitative estimate of drug-likeness (QED) is 0.404. The molecular weight excluding hydrogens is 471 g/mol. The maximum absolute atomic E-state index is 10.4. The SMILES string of the molecule is CC(C)CC(O)CC1CCN(CC2CN(Cc3ccc(Cl)cc3Cl)CC2c2ccsc2)CC1. The molecule has 33 heavy (non-hydrogen) atoms. The summed E-state index contributed by atoms with van der Waals surface area (Å²) in [7, 11) is 0. The molecule has 1 aromatic carbocycles. The van der Waals surface area contributed by atoms with E-state index in [1.807, 2.05) is 12.1 Å². The number of hydrogen-bond donors (Lipinski definition) is 1.